The number of rotatable bonds is 4. The van der Waals surface area contributed by atoms with Gasteiger partial charge in [-0.05, 0) is 18.1 Å². The lowest BCUT2D eigenvalue weighted by molar-refractivity contribution is 0.181. The highest BCUT2D eigenvalue weighted by molar-refractivity contribution is 5.59. The first kappa shape index (κ1) is 12.4. The lowest BCUT2D eigenvalue weighted by atomic mass is 10.1. The Morgan fingerprint density at radius 2 is 2.28 bits per heavy atom. The Hall–Kier alpha value is -2.01. The summed E-state index contributed by atoms with van der Waals surface area (Å²) >= 11 is 0. The van der Waals surface area contributed by atoms with Crippen LogP contribution >= 0.6 is 0 Å². The zero-order valence-electron chi connectivity index (χ0n) is 10.4. The van der Waals surface area contributed by atoms with E-state index in [0.717, 1.165) is 17.5 Å². The fourth-order valence-electron chi connectivity index (χ4n) is 1.80. The van der Waals surface area contributed by atoms with Gasteiger partial charge in [-0.15, -0.1) is 0 Å². The molecule has 0 radical (unpaired) electrons. The van der Waals surface area contributed by atoms with E-state index in [1.807, 2.05) is 13.0 Å². The maximum absolute atomic E-state index is 11.6. The van der Waals surface area contributed by atoms with Crippen molar-refractivity contribution in [2.75, 3.05) is 7.11 Å². The Bertz CT molecular complexity index is 593. The number of pyridine rings is 1. The average molecular weight is 245 g/mol. The van der Waals surface area contributed by atoms with E-state index < -0.39 is 0 Å². The number of ether oxygens (including phenoxy) is 1. The van der Waals surface area contributed by atoms with Gasteiger partial charge in [0, 0.05) is 31.1 Å². The van der Waals surface area contributed by atoms with Gasteiger partial charge in [0.1, 0.15) is 5.82 Å². The monoisotopic (exact) mass is 245 g/mol. The van der Waals surface area contributed by atoms with Gasteiger partial charge in [-0.25, -0.2) is 4.98 Å². The minimum absolute atomic E-state index is 0.175. The molecule has 0 bridgehead atoms. The van der Waals surface area contributed by atoms with Crippen molar-refractivity contribution in [1.29, 1.82) is 0 Å². The number of H-pyrrole nitrogens is 1. The Morgan fingerprint density at radius 3 is 3.00 bits per heavy atom. The highest BCUT2D eigenvalue weighted by Gasteiger charge is 2.08. The number of nitrogens with one attached hydrogen (secondary N) is 1. The third-order valence-electron chi connectivity index (χ3n) is 2.63. The smallest absolute Gasteiger partial charge is 0.251 e. The fraction of sp³-hybridized carbons (Fsp3) is 0.308. The molecular formula is C13H15N3O2. The molecule has 0 amide bonds. The first-order valence-corrected chi connectivity index (χ1v) is 5.77. The summed E-state index contributed by atoms with van der Waals surface area (Å²) < 4.78 is 5.00. The van der Waals surface area contributed by atoms with E-state index in [1.165, 1.54) is 6.07 Å². The molecule has 0 saturated heterocycles. The van der Waals surface area contributed by atoms with E-state index in [1.54, 1.807) is 19.5 Å². The van der Waals surface area contributed by atoms with Crippen LogP contribution in [-0.2, 0) is 17.8 Å². The second-order valence-corrected chi connectivity index (χ2v) is 3.90. The normalized spacial score (nSPS) is 10.6. The van der Waals surface area contributed by atoms with Crippen LogP contribution in [-0.4, -0.2) is 22.1 Å². The van der Waals surface area contributed by atoms with Crippen LogP contribution in [0.3, 0.4) is 0 Å². The van der Waals surface area contributed by atoms with Crippen LogP contribution in [0.5, 0.6) is 0 Å². The summed E-state index contributed by atoms with van der Waals surface area (Å²) in [5.74, 6) is 0.564. The predicted molar refractivity (Wildman–Crippen MR) is 68.2 cm³/mol. The molecule has 0 saturated carbocycles. The first-order valence-electron chi connectivity index (χ1n) is 5.77. The van der Waals surface area contributed by atoms with Crippen LogP contribution < -0.4 is 5.56 Å². The summed E-state index contributed by atoms with van der Waals surface area (Å²) in [4.78, 5) is 22.8. The molecule has 0 fully saturated rings. The highest BCUT2D eigenvalue weighted by atomic mass is 16.5. The number of aromatic nitrogens is 3. The third-order valence-corrected chi connectivity index (χ3v) is 2.63. The number of nitrogens with zero attached hydrogens (tertiary/aromatic N) is 2. The van der Waals surface area contributed by atoms with Gasteiger partial charge in [0.2, 0.25) is 0 Å². The molecule has 2 aromatic heterocycles. The SMILES string of the molecule is CCc1cnccc1-c1nc(COC)cc(=O)[nH]1. The number of aryl methyl sites for hydroxylation is 1. The molecule has 0 aliphatic carbocycles. The van der Waals surface area contributed by atoms with E-state index in [-0.39, 0.29) is 5.56 Å². The van der Waals surface area contributed by atoms with Crippen molar-refractivity contribution in [3.05, 3.63) is 46.1 Å². The van der Waals surface area contributed by atoms with E-state index in [2.05, 4.69) is 15.0 Å². The average Bonchev–Trinajstić information content (AvgIpc) is 2.38. The van der Waals surface area contributed by atoms with Gasteiger partial charge in [0.25, 0.3) is 5.56 Å². The van der Waals surface area contributed by atoms with Crippen LogP contribution in [0, 0.1) is 0 Å². The Morgan fingerprint density at radius 1 is 1.44 bits per heavy atom. The standard InChI is InChI=1S/C13H15N3O2/c1-3-9-7-14-5-4-11(9)13-15-10(8-18-2)6-12(17)16-13/h4-7H,3,8H2,1-2H3,(H,15,16,17). The van der Waals surface area contributed by atoms with Gasteiger partial charge in [-0.2, -0.15) is 0 Å². The van der Waals surface area contributed by atoms with Crippen LogP contribution in [0.1, 0.15) is 18.2 Å². The van der Waals surface area contributed by atoms with Gasteiger partial charge in [-0.1, -0.05) is 6.92 Å². The zero-order chi connectivity index (χ0) is 13.0. The van der Waals surface area contributed by atoms with E-state index >= 15 is 0 Å². The van der Waals surface area contributed by atoms with Crippen LogP contribution in [0.25, 0.3) is 11.4 Å². The van der Waals surface area contributed by atoms with Gasteiger partial charge >= 0.3 is 0 Å². The van der Waals surface area contributed by atoms with Crippen LogP contribution in [0.2, 0.25) is 0 Å². The molecule has 0 aromatic carbocycles. The van der Waals surface area contributed by atoms with Crippen molar-refractivity contribution in [3.63, 3.8) is 0 Å². The predicted octanol–water partition coefficient (Wildman–Crippen LogP) is 1.54. The van der Waals surface area contributed by atoms with Crippen LogP contribution in [0.4, 0.5) is 0 Å². The number of hydrogen-bond donors (Lipinski definition) is 1. The molecular weight excluding hydrogens is 230 g/mol. The molecule has 0 aliphatic heterocycles. The van der Waals surface area contributed by atoms with Crippen LogP contribution in [0.15, 0.2) is 29.3 Å². The highest BCUT2D eigenvalue weighted by Crippen LogP contribution is 2.18. The van der Waals surface area contributed by atoms with Crippen molar-refractivity contribution in [2.45, 2.75) is 20.0 Å². The molecule has 0 atom stereocenters. The fourth-order valence-corrected chi connectivity index (χ4v) is 1.80. The molecule has 2 rings (SSSR count). The minimum Gasteiger partial charge on any atom is -0.378 e. The van der Waals surface area contributed by atoms with Gasteiger partial charge in [0.05, 0.1) is 12.3 Å². The van der Waals surface area contributed by atoms with Gasteiger partial charge < -0.3 is 9.72 Å². The molecule has 2 heterocycles. The maximum atomic E-state index is 11.6. The number of methoxy groups -OCH3 is 1. The van der Waals surface area contributed by atoms with Crippen molar-refractivity contribution in [2.24, 2.45) is 0 Å². The van der Waals surface area contributed by atoms with E-state index in [0.29, 0.717) is 18.1 Å². The molecule has 94 valence electrons. The van der Waals surface area contributed by atoms with Crippen molar-refractivity contribution in [1.82, 2.24) is 15.0 Å². The van der Waals surface area contributed by atoms with Crippen molar-refractivity contribution >= 4 is 0 Å². The largest absolute Gasteiger partial charge is 0.378 e. The summed E-state index contributed by atoms with van der Waals surface area (Å²) in [6.07, 6.45) is 4.32. The summed E-state index contributed by atoms with van der Waals surface area (Å²) in [7, 11) is 1.58. The zero-order valence-corrected chi connectivity index (χ0v) is 10.4. The molecule has 0 unspecified atom stereocenters. The molecule has 1 N–H and O–H groups in total. The lowest BCUT2D eigenvalue weighted by Crippen LogP contribution is -2.11. The maximum Gasteiger partial charge on any atom is 0.251 e. The van der Waals surface area contributed by atoms with E-state index in [4.69, 9.17) is 4.74 Å². The summed E-state index contributed by atoms with van der Waals surface area (Å²) in [5.41, 5.74) is 2.40. The minimum atomic E-state index is -0.175. The molecule has 5 heteroatoms. The number of aromatic amines is 1. The molecule has 0 aliphatic rings. The van der Waals surface area contributed by atoms with Gasteiger partial charge in [-0.3, -0.25) is 9.78 Å². The molecule has 18 heavy (non-hydrogen) atoms. The lowest BCUT2D eigenvalue weighted by Gasteiger charge is -2.07. The van der Waals surface area contributed by atoms with E-state index in [9.17, 15) is 4.79 Å². The Balaban J connectivity index is 2.53. The molecule has 0 spiro atoms. The summed E-state index contributed by atoms with van der Waals surface area (Å²) in [6, 6.07) is 3.30. The quantitative estimate of drug-likeness (QED) is 0.887. The number of hydrogen-bond acceptors (Lipinski definition) is 4. The molecule has 5 nitrogen and oxygen atoms in total. The second kappa shape index (κ2) is 5.55. The third kappa shape index (κ3) is 2.62. The topological polar surface area (TPSA) is 67.9 Å². The Kier molecular flexibility index (Phi) is 3.84. The molecule has 2 aromatic rings. The van der Waals surface area contributed by atoms with Gasteiger partial charge in [0.15, 0.2) is 0 Å². The van der Waals surface area contributed by atoms with Crippen molar-refractivity contribution in [3.8, 4) is 11.4 Å². The summed E-state index contributed by atoms with van der Waals surface area (Å²) in [6.45, 7) is 2.36. The van der Waals surface area contributed by atoms with Crippen molar-refractivity contribution < 1.29 is 4.74 Å². The second-order valence-electron chi connectivity index (χ2n) is 3.90. The summed E-state index contributed by atoms with van der Waals surface area (Å²) in [5, 5.41) is 0. The first-order chi connectivity index (χ1) is 8.74. The Labute approximate surface area is 105 Å².